The number of rotatable bonds is 1. The number of cyclic esters (lactones) is 1. The zero-order chi connectivity index (χ0) is 18.5. The molecule has 0 saturated carbocycles. The topological polar surface area (TPSA) is 49.9 Å². The van der Waals surface area contributed by atoms with Gasteiger partial charge in [-0.3, -0.25) is 4.79 Å². The number of fused-ring (bicyclic) bond motifs is 5. The average molecular weight is 427 g/mol. The zero-order valence-corrected chi connectivity index (χ0v) is 16.3. The molecule has 0 bridgehead atoms. The molecule has 0 aromatic heterocycles. The maximum Gasteiger partial charge on any atom is 0.416 e. The minimum absolute atomic E-state index is 0.0514. The fourth-order valence-corrected chi connectivity index (χ4v) is 5.07. The van der Waals surface area contributed by atoms with E-state index in [1.165, 1.54) is 21.7 Å². The lowest BCUT2D eigenvalue weighted by Crippen LogP contribution is -2.50. The Morgan fingerprint density at radius 1 is 1.11 bits per heavy atom. The Kier molecular flexibility index (Phi) is 3.97. The van der Waals surface area contributed by atoms with Gasteiger partial charge in [-0.1, -0.05) is 40.2 Å². The number of carbonyl (C=O) groups excluding carboxylic acids is 2. The van der Waals surface area contributed by atoms with Crippen molar-refractivity contribution in [3.05, 3.63) is 63.6 Å². The predicted octanol–water partition coefficient (Wildman–Crippen LogP) is 3.70. The fraction of sp³-hybridized carbons (Fsp3) is 0.333. The summed E-state index contributed by atoms with van der Waals surface area (Å²) in [6.07, 6.45) is 1.05. The lowest BCUT2D eigenvalue weighted by atomic mass is 9.77. The monoisotopic (exact) mass is 426 g/mol. The van der Waals surface area contributed by atoms with Crippen LogP contribution in [0.15, 0.2) is 46.9 Å². The standard InChI is InChI=1S/C21H19BrN2O3/c22-15-5-6-18-14(11-15)12-17(20(25)24-9-10-27-21(24)26)19-16-4-2-1-3-13(16)7-8-23(18)19/h1-6,11,17,19H,7-10,12H2/t17-,19+/m1/s1. The first-order valence-electron chi connectivity index (χ1n) is 9.24. The van der Waals surface area contributed by atoms with Gasteiger partial charge in [-0.2, -0.15) is 0 Å². The molecule has 1 saturated heterocycles. The van der Waals surface area contributed by atoms with Crippen molar-refractivity contribution in [1.82, 2.24) is 4.90 Å². The van der Waals surface area contributed by atoms with Crippen LogP contribution in [0.2, 0.25) is 0 Å². The van der Waals surface area contributed by atoms with Crippen molar-refractivity contribution in [2.75, 3.05) is 24.6 Å². The van der Waals surface area contributed by atoms with Gasteiger partial charge in [-0.05, 0) is 47.7 Å². The Hall–Kier alpha value is -2.34. The normalized spacial score (nSPS) is 23.4. The van der Waals surface area contributed by atoms with Gasteiger partial charge in [0.25, 0.3) is 0 Å². The van der Waals surface area contributed by atoms with E-state index in [2.05, 4.69) is 57.2 Å². The summed E-state index contributed by atoms with van der Waals surface area (Å²) in [5, 5.41) is 0. The Balaban J connectivity index is 1.63. The summed E-state index contributed by atoms with van der Waals surface area (Å²) in [6, 6.07) is 14.6. The van der Waals surface area contributed by atoms with Gasteiger partial charge in [0.1, 0.15) is 6.61 Å². The molecule has 0 spiro atoms. The molecule has 5 rings (SSSR count). The van der Waals surface area contributed by atoms with Crippen molar-refractivity contribution in [3.63, 3.8) is 0 Å². The number of hydrogen-bond donors (Lipinski definition) is 0. The van der Waals surface area contributed by atoms with Crippen LogP contribution >= 0.6 is 15.9 Å². The highest BCUT2D eigenvalue weighted by atomic mass is 79.9. The third kappa shape index (κ3) is 2.65. The van der Waals surface area contributed by atoms with Crippen LogP contribution in [0.25, 0.3) is 0 Å². The molecule has 27 heavy (non-hydrogen) atoms. The van der Waals surface area contributed by atoms with Gasteiger partial charge in [0.2, 0.25) is 5.91 Å². The molecule has 3 heterocycles. The summed E-state index contributed by atoms with van der Waals surface area (Å²) in [4.78, 5) is 29.0. The number of benzene rings is 2. The van der Waals surface area contributed by atoms with Gasteiger partial charge in [-0.15, -0.1) is 0 Å². The molecule has 6 heteroatoms. The first-order valence-corrected chi connectivity index (χ1v) is 10.0. The quantitative estimate of drug-likeness (QED) is 0.697. The van der Waals surface area contributed by atoms with Crippen molar-refractivity contribution in [1.29, 1.82) is 0 Å². The van der Waals surface area contributed by atoms with Crippen LogP contribution in [-0.2, 0) is 22.4 Å². The van der Waals surface area contributed by atoms with E-state index in [0.29, 0.717) is 13.0 Å². The summed E-state index contributed by atoms with van der Waals surface area (Å²) in [5.74, 6) is -0.436. The molecule has 0 unspecified atom stereocenters. The van der Waals surface area contributed by atoms with Gasteiger partial charge in [0.15, 0.2) is 0 Å². The number of amides is 2. The smallest absolute Gasteiger partial charge is 0.416 e. The molecule has 0 aliphatic carbocycles. The summed E-state index contributed by atoms with van der Waals surface area (Å²) < 4.78 is 6.02. The highest BCUT2D eigenvalue weighted by Crippen LogP contribution is 2.46. The van der Waals surface area contributed by atoms with E-state index in [9.17, 15) is 9.59 Å². The summed E-state index contributed by atoms with van der Waals surface area (Å²) >= 11 is 3.55. The SMILES string of the molecule is O=C1OCCN1C(=O)[C@@H]1Cc2cc(Br)ccc2N2CCc3ccccc3[C@@H]12. The number of ether oxygens (including phenoxy) is 1. The van der Waals surface area contributed by atoms with Crippen LogP contribution in [0.1, 0.15) is 22.7 Å². The number of anilines is 1. The molecule has 3 aliphatic heterocycles. The fourth-order valence-electron chi connectivity index (χ4n) is 4.67. The third-order valence-electron chi connectivity index (χ3n) is 5.85. The molecule has 2 aromatic carbocycles. The maximum atomic E-state index is 13.4. The van der Waals surface area contributed by atoms with Crippen LogP contribution < -0.4 is 4.90 Å². The second-order valence-electron chi connectivity index (χ2n) is 7.27. The first kappa shape index (κ1) is 16.8. The molecule has 5 nitrogen and oxygen atoms in total. The molecule has 2 aromatic rings. The van der Waals surface area contributed by atoms with E-state index >= 15 is 0 Å². The van der Waals surface area contributed by atoms with E-state index in [1.54, 1.807) is 0 Å². The van der Waals surface area contributed by atoms with Gasteiger partial charge in [0, 0.05) is 16.7 Å². The van der Waals surface area contributed by atoms with Crippen molar-refractivity contribution < 1.29 is 14.3 Å². The van der Waals surface area contributed by atoms with Gasteiger partial charge < -0.3 is 9.64 Å². The van der Waals surface area contributed by atoms with Crippen molar-refractivity contribution in [2.24, 2.45) is 5.92 Å². The van der Waals surface area contributed by atoms with Crippen LogP contribution in [-0.4, -0.2) is 36.6 Å². The maximum absolute atomic E-state index is 13.4. The summed E-state index contributed by atoms with van der Waals surface area (Å²) in [5.41, 5.74) is 4.82. The third-order valence-corrected chi connectivity index (χ3v) is 6.34. The van der Waals surface area contributed by atoms with Crippen LogP contribution in [0.5, 0.6) is 0 Å². The number of nitrogens with zero attached hydrogens (tertiary/aromatic N) is 2. The van der Waals surface area contributed by atoms with Crippen LogP contribution in [0.3, 0.4) is 0 Å². The minimum Gasteiger partial charge on any atom is -0.447 e. The predicted molar refractivity (Wildman–Crippen MR) is 105 cm³/mol. The molecule has 0 radical (unpaired) electrons. The molecule has 3 aliphatic rings. The number of carbonyl (C=O) groups is 2. The summed E-state index contributed by atoms with van der Waals surface area (Å²) in [6.45, 7) is 1.49. The molecule has 138 valence electrons. The Labute approximate surface area is 166 Å². The second kappa shape index (κ2) is 6.37. The molecule has 2 amide bonds. The van der Waals surface area contributed by atoms with E-state index in [4.69, 9.17) is 4.74 Å². The van der Waals surface area contributed by atoms with Crippen molar-refractivity contribution >= 4 is 33.6 Å². The van der Waals surface area contributed by atoms with E-state index < -0.39 is 6.09 Å². The Bertz CT molecular complexity index is 945. The van der Waals surface area contributed by atoms with Crippen molar-refractivity contribution in [2.45, 2.75) is 18.9 Å². The zero-order valence-electron chi connectivity index (χ0n) is 14.7. The molecular formula is C21H19BrN2O3. The second-order valence-corrected chi connectivity index (χ2v) is 8.19. The molecular weight excluding hydrogens is 408 g/mol. The molecule has 1 fully saturated rings. The molecule has 0 N–H and O–H groups in total. The minimum atomic E-state index is -0.518. The van der Waals surface area contributed by atoms with Crippen LogP contribution in [0, 0.1) is 5.92 Å². The van der Waals surface area contributed by atoms with Gasteiger partial charge in [0.05, 0.1) is 18.5 Å². The largest absolute Gasteiger partial charge is 0.447 e. The highest BCUT2D eigenvalue weighted by molar-refractivity contribution is 9.10. The van der Waals surface area contributed by atoms with Crippen molar-refractivity contribution in [3.8, 4) is 0 Å². The van der Waals surface area contributed by atoms with E-state index in [0.717, 1.165) is 23.0 Å². The lowest BCUT2D eigenvalue weighted by molar-refractivity contribution is -0.133. The average Bonchev–Trinajstić information content (AvgIpc) is 3.12. The summed E-state index contributed by atoms with van der Waals surface area (Å²) in [7, 11) is 0. The number of hydrogen-bond acceptors (Lipinski definition) is 4. The van der Waals surface area contributed by atoms with Gasteiger partial charge >= 0.3 is 6.09 Å². The van der Waals surface area contributed by atoms with Crippen LogP contribution in [0.4, 0.5) is 10.5 Å². The number of halogens is 1. The van der Waals surface area contributed by atoms with E-state index in [1.807, 2.05) is 6.07 Å². The Morgan fingerprint density at radius 2 is 1.96 bits per heavy atom. The lowest BCUT2D eigenvalue weighted by Gasteiger charge is -2.47. The van der Waals surface area contributed by atoms with Gasteiger partial charge in [-0.25, -0.2) is 9.69 Å². The Morgan fingerprint density at radius 3 is 2.78 bits per heavy atom. The van der Waals surface area contributed by atoms with E-state index in [-0.39, 0.29) is 24.5 Å². The highest BCUT2D eigenvalue weighted by Gasteiger charge is 2.45. The molecule has 2 atom stereocenters. The first-order chi connectivity index (χ1) is 13.1. The number of imide groups is 1.